The number of nitriles is 1. The number of hydrogen-bond acceptors (Lipinski definition) is 5. The summed E-state index contributed by atoms with van der Waals surface area (Å²) < 4.78 is 5.38. The highest BCUT2D eigenvalue weighted by atomic mass is 16.5. The summed E-state index contributed by atoms with van der Waals surface area (Å²) in [6.45, 7) is 8.29. The zero-order chi connectivity index (χ0) is 20.8. The average molecular weight is 393 g/mol. The molecule has 2 aromatic rings. The normalized spacial score (nSPS) is 14.4. The van der Waals surface area contributed by atoms with Crippen LogP contribution in [0, 0.1) is 24.2 Å². The molecule has 1 aromatic carbocycles. The molecule has 0 unspecified atom stereocenters. The zero-order valence-corrected chi connectivity index (χ0v) is 17.3. The van der Waals surface area contributed by atoms with E-state index >= 15 is 0 Å². The van der Waals surface area contributed by atoms with E-state index in [0.29, 0.717) is 35.1 Å². The third-order valence-electron chi connectivity index (χ3n) is 5.25. The van der Waals surface area contributed by atoms with Crippen LogP contribution in [0.4, 0.5) is 11.5 Å². The number of aryl methyl sites for hydroxylation is 1. The van der Waals surface area contributed by atoms with Gasteiger partial charge in [-0.15, -0.1) is 0 Å². The third-order valence-corrected chi connectivity index (χ3v) is 5.25. The minimum Gasteiger partial charge on any atom is -0.381 e. The maximum atomic E-state index is 12.8. The second-order valence-electron chi connectivity index (χ2n) is 7.86. The molecule has 2 heterocycles. The molecule has 0 aliphatic carbocycles. The highest BCUT2D eigenvalue weighted by molar-refractivity contribution is 5.96. The van der Waals surface area contributed by atoms with E-state index in [0.717, 1.165) is 37.2 Å². The first-order valence-electron chi connectivity index (χ1n) is 10.1. The summed E-state index contributed by atoms with van der Waals surface area (Å²) in [5.74, 6) is 1.16. The van der Waals surface area contributed by atoms with E-state index in [9.17, 15) is 10.1 Å². The standard InChI is InChI=1S/C23H28N4O2/c1-15(2)19-11-22(27-21-10-16(3)4-5-18(21)12-24)25-14-20(19)23(28)26-13-17-6-8-29-9-7-17/h4-5,10-11,14-15,17H,6-9,13H2,1-3H3,(H,25,27)(H,26,28). The van der Waals surface area contributed by atoms with Crippen LogP contribution < -0.4 is 10.6 Å². The van der Waals surface area contributed by atoms with Crippen LogP contribution in [-0.2, 0) is 4.74 Å². The Labute approximate surface area is 172 Å². The molecule has 2 N–H and O–H groups in total. The first kappa shape index (κ1) is 20.8. The zero-order valence-electron chi connectivity index (χ0n) is 17.3. The molecule has 6 nitrogen and oxygen atoms in total. The Balaban J connectivity index is 1.77. The summed E-state index contributed by atoms with van der Waals surface area (Å²) in [5, 5.41) is 15.6. The van der Waals surface area contributed by atoms with Gasteiger partial charge in [-0.25, -0.2) is 4.98 Å². The Kier molecular flexibility index (Phi) is 6.84. The van der Waals surface area contributed by atoms with Crippen LogP contribution in [0.5, 0.6) is 0 Å². The molecule has 0 saturated carbocycles. The summed E-state index contributed by atoms with van der Waals surface area (Å²) in [6, 6.07) is 9.71. The summed E-state index contributed by atoms with van der Waals surface area (Å²) in [7, 11) is 0. The lowest BCUT2D eigenvalue weighted by Gasteiger charge is -2.22. The van der Waals surface area contributed by atoms with Crippen molar-refractivity contribution in [2.45, 2.75) is 39.5 Å². The van der Waals surface area contributed by atoms with Gasteiger partial charge >= 0.3 is 0 Å². The first-order valence-corrected chi connectivity index (χ1v) is 10.1. The average Bonchev–Trinajstić information content (AvgIpc) is 2.73. The lowest BCUT2D eigenvalue weighted by Crippen LogP contribution is -2.32. The summed E-state index contributed by atoms with van der Waals surface area (Å²) >= 11 is 0. The van der Waals surface area contributed by atoms with Gasteiger partial charge in [-0.05, 0) is 60.9 Å². The van der Waals surface area contributed by atoms with Crippen LogP contribution in [-0.4, -0.2) is 30.6 Å². The number of aromatic nitrogens is 1. The van der Waals surface area contributed by atoms with Gasteiger partial charge in [0.1, 0.15) is 11.9 Å². The van der Waals surface area contributed by atoms with E-state index in [2.05, 4.69) is 35.5 Å². The van der Waals surface area contributed by atoms with Crippen LogP contribution in [0.2, 0.25) is 0 Å². The Hall–Kier alpha value is -2.91. The van der Waals surface area contributed by atoms with Crippen LogP contribution in [0.25, 0.3) is 0 Å². The van der Waals surface area contributed by atoms with Gasteiger partial charge in [-0.2, -0.15) is 5.26 Å². The fourth-order valence-corrected chi connectivity index (χ4v) is 3.49. The second kappa shape index (κ2) is 9.53. The van der Waals surface area contributed by atoms with Gasteiger partial charge in [0.05, 0.1) is 16.8 Å². The number of nitrogens with one attached hydrogen (secondary N) is 2. The van der Waals surface area contributed by atoms with E-state index in [-0.39, 0.29) is 11.8 Å². The molecule has 1 amide bonds. The molecule has 1 aliphatic rings. The molecule has 0 spiro atoms. The van der Waals surface area contributed by atoms with Gasteiger partial charge in [0.2, 0.25) is 0 Å². The number of hydrogen-bond donors (Lipinski definition) is 2. The molecule has 0 bridgehead atoms. The van der Waals surface area contributed by atoms with Gasteiger partial charge in [0.15, 0.2) is 0 Å². The van der Waals surface area contributed by atoms with Crippen LogP contribution >= 0.6 is 0 Å². The number of rotatable bonds is 6. The number of benzene rings is 1. The van der Waals surface area contributed by atoms with E-state index in [1.54, 1.807) is 12.3 Å². The number of nitrogens with zero attached hydrogens (tertiary/aromatic N) is 2. The Morgan fingerprint density at radius 3 is 2.76 bits per heavy atom. The lowest BCUT2D eigenvalue weighted by atomic mass is 9.97. The number of carbonyl (C=O) groups is 1. The molecular weight excluding hydrogens is 364 g/mol. The SMILES string of the molecule is Cc1ccc(C#N)c(Nc2cc(C(C)C)c(C(=O)NCC3CCOCC3)cn2)c1. The van der Waals surface area contributed by atoms with Crippen molar-refractivity contribution in [1.82, 2.24) is 10.3 Å². The topological polar surface area (TPSA) is 87.0 Å². The van der Waals surface area contributed by atoms with Gasteiger partial charge in [0.25, 0.3) is 5.91 Å². The fraction of sp³-hybridized carbons (Fsp3) is 0.435. The van der Waals surface area contributed by atoms with Crippen molar-refractivity contribution in [3.8, 4) is 6.07 Å². The lowest BCUT2D eigenvalue weighted by molar-refractivity contribution is 0.0642. The third kappa shape index (κ3) is 5.33. The van der Waals surface area contributed by atoms with Crippen molar-refractivity contribution in [2.24, 2.45) is 5.92 Å². The van der Waals surface area contributed by atoms with E-state index < -0.39 is 0 Å². The number of anilines is 2. The predicted molar refractivity (Wildman–Crippen MR) is 113 cm³/mol. The maximum Gasteiger partial charge on any atom is 0.253 e. The summed E-state index contributed by atoms with van der Waals surface area (Å²) in [5.41, 5.74) is 3.85. The molecule has 0 radical (unpaired) electrons. The number of amides is 1. The minimum atomic E-state index is -0.0903. The van der Waals surface area contributed by atoms with Crippen LogP contribution in [0.3, 0.4) is 0 Å². The highest BCUT2D eigenvalue weighted by Gasteiger charge is 2.19. The van der Waals surface area contributed by atoms with E-state index in [1.165, 1.54) is 0 Å². The number of carbonyl (C=O) groups excluding carboxylic acids is 1. The van der Waals surface area contributed by atoms with E-state index in [4.69, 9.17) is 4.74 Å². The first-order chi connectivity index (χ1) is 14.0. The molecule has 1 saturated heterocycles. The molecule has 29 heavy (non-hydrogen) atoms. The molecule has 6 heteroatoms. The van der Waals surface area contributed by atoms with Gasteiger partial charge < -0.3 is 15.4 Å². The molecule has 0 atom stereocenters. The smallest absolute Gasteiger partial charge is 0.253 e. The Bertz CT molecular complexity index is 912. The summed E-state index contributed by atoms with van der Waals surface area (Å²) in [4.78, 5) is 17.2. The van der Waals surface area contributed by atoms with Gasteiger partial charge in [-0.3, -0.25) is 4.79 Å². The van der Waals surface area contributed by atoms with Crippen LogP contribution in [0.15, 0.2) is 30.5 Å². The van der Waals surface area contributed by atoms with Crippen molar-refractivity contribution in [2.75, 3.05) is 25.1 Å². The Morgan fingerprint density at radius 1 is 1.31 bits per heavy atom. The second-order valence-corrected chi connectivity index (χ2v) is 7.86. The monoisotopic (exact) mass is 392 g/mol. The van der Waals surface area contributed by atoms with Gasteiger partial charge in [0, 0.05) is 26.0 Å². The van der Waals surface area contributed by atoms with Crippen molar-refractivity contribution >= 4 is 17.4 Å². The van der Waals surface area contributed by atoms with E-state index in [1.807, 2.05) is 25.1 Å². The van der Waals surface area contributed by atoms with Crippen molar-refractivity contribution in [3.05, 3.63) is 52.7 Å². The van der Waals surface area contributed by atoms with Crippen molar-refractivity contribution in [1.29, 1.82) is 5.26 Å². The molecule has 1 aliphatic heterocycles. The summed E-state index contributed by atoms with van der Waals surface area (Å²) in [6.07, 6.45) is 3.59. The van der Waals surface area contributed by atoms with Crippen LogP contribution in [0.1, 0.15) is 59.7 Å². The predicted octanol–water partition coefficient (Wildman–Crippen LogP) is 4.29. The van der Waals surface area contributed by atoms with Gasteiger partial charge in [-0.1, -0.05) is 19.9 Å². The minimum absolute atomic E-state index is 0.0903. The number of ether oxygens (including phenoxy) is 1. The fourth-order valence-electron chi connectivity index (χ4n) is 3.49. The molecule has 1 fully saturated rings. The quantitative estimate of drug-likeness (QED) is 0.766. The molecule has 1 aromatic heterocycles. The molecular formula is C23H28N4O2. The van der Waals surface area contributed by atoms with Crippen molar-refractivity contribution in [3.63, 3.8) is 0 Å². The van der Waals surface area contributed by atoms with Crippen molar-refractivity contribution < 1.29 is 9.53 Å². The largest absolute Gasteiger partial charge is 0.381 e. The molecule has 3 rings (SSSR count). The highest BCUT2D eigenvalue weighted by Crippen LogP contribution is 2.26. The number of pyridine rings is 1. The Morgan fingerprint density at radius 2 is 2.07 bits per heavy atom. The maximum absolute atomic E-state index is 12.8. The molecule has 152 valence electrons.